The normalized spacial score (nSPS) is 11.5. The van der Waals surface area contributed by atoms with Crippen LogP contribution in [0.2, 0.25) is 0 Å². The molecule has 0 spiro atoms. The van der Waals surface area contributed by atoms with Gasteiger partial charge in [-0.3, -0.25) is 9.59 Å². The Morgan fingerprint density at radius 3 is 2.35 bits per heavy atom. The number of methoxy groups -OCH3 is 1. The number of carboxylic acid groups (broad SMARTS) is 1. The van der Waals surface area contributed by atoms with Gasteiger partial charge in [-0.25, -0.2) is 8.42 Å². The fourth-order valence-corrected chi connectivity index (χ4v) is 2.61. The molecule has 0 radical (unpaired) electrons. The second-order valence-corrected chi connectivity index (χ2v) is 5.46. The molecular formula is C9H17NO6S. The molecular weight excluding hydrogens is 250 g/mol. The molecule has 0 saturated carbocycles. The first-order chi connectivity index (χ1) is 7.83. The van der Waals surface area contributed by atoms with Crippen LogP contribution in [0.5, 0.6) is 0 Å². The number of hydrogen-bond acceptors (Lipinski definition) is 5. The van der Waals surface area contributed by atoms with Crippen molar-refractivity contribution >= 4 is 22.0 Å². The van der Waals surface area contributed by atoms with E-state index in [-0.39, 0.29) is 13.0 Å². The molecule has 1 N–H and O–H groups in total. The molecule has 0 aliphatic rings. The first kappa shape index (κ1) is 15.9. The quantitative estimate of drug-likeness (QED) is 0.605. The number of esters is 1. The van der Waals surface area contributed by atoms with Crippen LogP contribution in [0.1, 0.15) is 19.8 Å². The molecule has 0 fully saturated rings. The average molecular weight is 267 g/mol. The summed E-state index contributed by atoms with van der Waals surface area (Å²) in [4.78, 5) is 21.4. The fourth-order valence-electron chi connectivity index (χ4n) is 1.16. The molecule has 0 heterocycles. The van der Waals surface area contributed by atoms with E-state index in [2.05, 4.69) is 4.74 Å². The zero-order chi connectivity index (χ0) is 13.5. The molecule has 0 aromatic carbocycles. The average Bonchev–Trinajstić information content (AvgIpc) is 2.25. The van der Waals surface area contributed by atoms with Gasteiger partial charge >= 0.3 is 11.9 Å². The van der Waals surface area contributed by atoms with Crippen molar-refractivity contribution in [3.05, 3.63) is 0 Å². The van der Waals surface area contributed by atoms with Crippen molar-refractivity contribution in [2.45, 2.75) is 19.8 Å². The minimum absolute atomic E-state index is 0.121. The van der Waals surface area contributed by atoms with Gasteiger partial charge in [-0.15, -0.1) is 0 Å². The summed E-state index contributed by atoms with van der Waals surface area (Å²) in [6.45, 7) is 1.28. The molecule has 0 saturated heterocycles. The maximum Gasteiger partial charge on any atom is 0.318 e. The standard InChI is InChI=1S/C9H17NO6S/c1-3-5-10(7-8(11)12)17(14,15)6-4-9(13)16-2/h3-7H2,1-2H3,(H,11,12). The third-order valence-electron chi connectivity index (χ3n) is 1.97. The van der Waals surface area contributed by atoms with Gasteiger partial charge in [-0.05, 0) is 6.42 Å². The molecule has 0 unspecified atom stereocenters. The minimum Gasteiger partial charge on any atom is -0.480 e. The number of nitrogens with zero attached hydrogens (tertiary/aromatic N) is 1. The summed E-state index contributed by atoms with van der Waals surface area (Å²) < 4.78 is 28.7. The van der Waals surface area contributed by atoms with Crippen LogP contribution in [-0.2, 0) is 24.3 Å². The van der Waals surface area contributed by atoms with Gasteiger partial charge in [-0.1, -0.05) is 6.92 Å². The van der Waals surface area contributed by atoms with Crippen LogP contribution in [-0.4, -0.2) is 55.7 Å². The zero-order valence-corrected chi connectivity index (χ0v) is 10.7. The van der Waals surface area contributed by atoms with Crippen molar-refractivity contribution in [3.63, 3.8) is 0 Å². The van der Waals surface area contributed by atoms with Crippen molar-refractivity contribution in [2.75, 3.05) is 26.0 Å². The Morgan fingerprint density at radius 1 is 1.35 bits per heavy atom. The summed E-state index contributed by atoms with van der Waals surface area (Å²) in [5, 5.41) is 8.60. The molecule has 17 heavy (non-hydrogen) atoms. The molecule has 0 rings (SSSR count). The van der Waals surface area contributed by atoms with E-state index in [4.69, 9.17) is 5.11 Å². The lowest BCUT2D eigenvalue weighted by Gasteiger charge is -2.19. The number of carboxylic acids is 1. The molecule has 100 valence electrons. The van der Waals surface area contributed by atoms with E-state index in [9.17, 15) is 18.0 Å². The Bertz CT molecular complexity index is 364. The summed E-state index contributed by atoms with van der Waals surface area (Å²) in [6, 6.07) is 0. The number of carbonyl (C=O) groups excluding carboxylic acids is 1. The third kappa shape index (κ3) is 6.22. The lowest BCUT2D eigenvalue weighted by atomic mass is 10.5. The van der Waals surface area contributed by atoms with Crippen LogP contribution >= 0.6 is 0 Å². The molecule has 0 aromatic heterocycles. The first-order valence-electron chi connectivity index (χ1n) is 5.10. The van der Waals surface area contributed by atoms with Gasteiger partial charge < -0.3 is 9.84 Å². The van der Waals surface area contributed by atoms with Gasteiger partial charge in [0.25, 0.3) is 0 Å². The number of rotatable bonds is 8. The highest BCUT2D eigenvalue weighted by atomic mass is 32.2. The summed E-state index contributed by atoms with van der Waals surface area (Å²) in [5.74, 6) is -2.30. The Hall–Kier alpha value is -1.15. The Morgan fingerprint density at radius 2 is 1.94 bits per heavy atom. The maximum atomic E-state index is 11.7. The van der Waals surface area contributed by atoms with Gasteiger partial charge in [-0.2, -0.15) is 4.31 Å². The molecule has 0 bridgehead atoms. The number of ether oxygens (including phenoxy) is 1. The topological polar surface area (TPSA) is 101 Å². The molecule has 8 heteroatoms. The summed E-state index contributed by atoms with van der Waals surface area (Å²) in [6.07, 6.45) is 0.226. The minimum atomic E-state index is -3.73. The van der Waals surface area contributed by atoms with Crippen LogP contribution in [0.4, 0.5) is 0 Å². The summed E-state index contributed by atoms with van der Waals surface area (Å²) in [7, 11) is -2.57. The van der Waals surface area contributed by atoms with Crippen LogP contribution < -0.4 is 0 Å². The fraction of sp³-hybridized carbons (Fsp3) is 0.778. The van der Waals surface area contributed by atoms with Gasteiger partial charge in [0.2, 0.25) is 10.0 Å². The van der Waals surface area contributed by atoms with Crippen molar-refractivity contribution < 1.29 is 27.9 Å². The van der Waals surface area contributed by atoms with E-state index in [0.29, 0.717) is 6.42 Å². The van der Waals surface area contributed by atoms with Gasteiger partial charge in [0.1, 0.15) is 6.54 Å². The highest BCUT2D eigenvalue weighted by Gasteiger charge is 2.24. The molecule has 0 aromatic rings. The van der Waals surface area contributed by atoms with Gasteiger partial charge in [0.05, 0.1) is 19.3 Å². The van der Waals surface area contributed by atoms with Crippen molar-refractivity contribution in [3.8, 4) is 0 Å². The van der Waals surface area contributed by atoms with Crippen molar-refractivity contribution in [1.29, 1.82) is 0 Å². The predicted octanol–water partition coefficient (Wildman–Crippen LogP) is -0.324. The lowest BCUT2D eigenvalue weighted by Crippen LogP contribution is -2.38. The second-order valence-electron chi connectivity index (χ2n) is 3.37. The predicted molar refractivity (Wildman–Crippen MR) is 59.9 cm³/mol. The highest BCUT2D eigenvalue weighted by Crippen LogP contribution is 2.05. The Labute approximate surface area is 100 Å². The number of hydrogen-bond donors (Lipinski definition) is 1. The van der Waals surface area contributed by atoms with Gasteiger partial charge in [0, 0.05) is 6.54 Å². The van der Waals surface area contributed by atoms with Crippen LogP contribution in [0.15, 0.2) is 0 Å². The van der Waals surface area contributed by atoms with Crippen molar-refractivity contribution in [1.82, 2.24) is 4.31 Å². The molecule has 0 atom stereocenters. The van der Waals surface area contributed by atoms with Crippen molar-refractivity contribution in [2.24, 2.45) is 0 Å². The number of aliphatic carboxylic acids is 1. The third-order valence-corrected chi connectivity index (χ3v) is 3.79. The maximum absolute atomic E-state index is 11.7. The summed E-state index contributed by atoms with van der Waals surface area (Å²) in [5.41, 5.74) is 0. The first-order valence-corrected chi connectivity index (χ1v) is 6.70. The van der Waals surface area contributed by atoms with E-state index in [1.807, 2.05) is 0 Å². The number of sulfonamides is 1. The largest absolute Gasteiger partial charge is 0.480 e. The van der Waals surface area contributed by atoms with E-state index < -0.39 is 34.3 Å². The van der Waals surface area contributed by atoms with E-state index in [1.165, 1.54) is 0 Å². The van der Waals surface area contributed by atoms with Crippen LogP contribution in [0.3, 0.4) is 0 Å². The molecule has 0 aliphatic carbocycles. The smallest absolute Gasteiger partial charge is 0.318 e. The summed E-state index contributed by atoms with van der Waals surface area (Å²) >= 11 is 0. The van der Waals surface area contributed by atoms with Gasteiger partial charge in [0.15, 0.2) is 0 Å². The Balaban J connectivity index is 4.59. The van der Waals surface area contributed by atoms with E-state index in [0.717, 1.165) is 11.4 Å². The van der Waals surface area contributed by atoms with Crippen LogP contribution in [0.25, 0.3) is 0 Å². The van der Waals surface area contributed by atoms with Crippen LogP contribution in [0, 0.1) is 0 Å². The SMILES string of the molecule is CCCN(CC(=O)O)S(=O)(=O)CCC(=O)OC. The zero-order valence-electron chi connectivity index (χ0n) is 9.88. The van der Waals surface area contributed by atoms with E-state index >= 15 is 0 Å². The Kier molecular flexibility index (Phi) is 6.74. The monoisotopic (exact) mass is 267 g/mol. The highest BCUT2D eigenvalue weighted by molar-refractivity contribution is 7.89. The lowest BCUT2D eigenvalue weighted by molar-refractivity contribution is -0.140. The molecule has 0 amide bonds. The molecule has 0 aliphatic heterocycles. The van der Waals surface area contributed by atoms with E-state index in [1.54, 1.807) is 6.92 Å². The molecule has 7 nitrogen and oxygen atoms in total. The second kappa shape index (κ2) is 7.23. The number of carbonyl (C=O) groups is 2.